The van der Waals surface area contributed by atoms with Crippen LogP contribution in [0, 0.1) is 11.8 Å². The highest BCUT2D eigenvalue weighted by atomic mass is 79.9. The zero-order chi connectivity index (χ0) is 15.0. The van der Waals surface area contributed by atoms with E-state index in [-0.39, 0.29) is 18.4 Å². The van der Waals surface area contributed by atoms with E-state index in [0.717, 1.165) is 36.4 Å². The zero-order valence-corrected chi connectivity index (χ0v) is 13.6. The van der Waals surface area contributed by atoms with Gasteiger partial charge in [0.05, 0.1) is 0 Å². The predicted octanol–water partition coefficient (Wildman–Crippen LogP) is 1.50. The van der Waals surface area contributed by atoms with E-state index in [0.29, 0.717) is 0 Å². The highest BCUT2D eigenvalue weighted by Gasteiger charge is 2.54. The molecule has 1 aromatic rings. The van der Waals surface area contributed by atoms with E-state index >= 15 is 0 Å². The first kappa shape index (κ1) is 15.0. The number of imidazole rings is 1. The van der Waals surface area contributed by atoms with Crippen LogP contribution >= 0.6 is 15.9 Å². The molecule has 2 aliphatic rings. The standard InChI is InChI=1S/C14H20BrN3O3/c1-18-7-11(15)17-13(18)14(21-8-12(19)20)9-3-2-4-10(14)6-16-5-9/h7,9-10,16H,2-6,8H2,1H3,(H,19,20). The van der Waals surface area contributed by atoms with Gasteiger partial charge in [-0.25, -0.2) is 9.78 Å². The van der Waals surface area contributed by atoms with Crippen molar-refractivity contribution in [3.63, 3.8) is 0 Å². The Morgan fingerprint density at radius 2 is 2.24 bits per heavy atom. The molecule has 21 heavy (non-hydrogen) atoms. The molecule has 0 aromatic carbocycles. The van der Waals surface area contributed by atoms with Gasteiger partial charge in [-0.3, -0.25) is 0 Å². The lowest BCUT2D eigenvalue weighted by atomic mass is 9.65. The van der Waals surface area contributed by atoms with Crippen molar-refractivity contribution in [2.45, 2.75) is 24.9 Å². The van der Waals surface area contributed by atoms with E-state index in [2.05, 4.69) is 26.2 Å². The molecular weight excluding hydrogens is 338 g/mol. The molecule has 3 rings (SSSR count). The normalized spacial score (nSPS) is 32.1. The first-order valence-electron chi connectivity index (χ1n) is 7.30. The van der Waals surface area contributed by atoms with Crippen LogP contribution < -0.4 is 5.32 Å². The molecule has 1 saturated heterocycles. The molecule has 116 valence electrons. The summed E-state index contributed by atoms with van der Waals surface area (Å²) in [5.41, 5.74) is -0.595. The number of carboxylic acids is 1. The Morgan fingerprint density at radius 1 is 1.57 bits per heavy atom. The van der Waals surface area contributed by atoms with Crippen molar-refractivity contribution < 1.29 is 14.6 Å². The lowest BCUT2D eigenvalue weighted by Crippen LogP contribution is -2.59. The summed E-state index contributed by atoms with van der Waals surface area (Å²) in [5.74, 6) is 0.431. The van der Waals surface area contributed by atoms with Crippen LogP contribution in [-0.2, 0) is 22.2 Å². The van der Waals surface area contributed by atoms with E-state index in [1.165, 1.54) is 6.42 Å². The minimum Gasteiger partial charge on any atom is -0.480 e. The lowest BCUT2D eigenvalue weighted by molar-refractivity contribution is -0.185. The molecule has 2 bridgehead atoms. The third-order valence-electron chi connectivity index (χ3n) is 4.73. The Hall–Kier alpha value is -0.920. The van der Waals surface area contributed by atoms with E-state index < -0.39 is 11.6 Å². The van der Waals surface area contributed by atoms with Gasteiger partial charge in [0.2, 0.25) is 0 Å². The fraction of sp³-hybridized carbons (Fsp3) is 0.714. The second kappa shape index (κ2) is 5.70. The Morgan fingerprint density at radius 3 is 2.76 bits per heavy atom. The number of aryl methyl sites for hydroxylation is 1. The van der Waals surface area contributed by atoms with Crippen LogP contribution in [0.4, 0.5) is 0 Å². The number of carbonyl (C=O) groups is 1. The summed E-state index contributed by atoms with van der Waals surface area (Å²) in [7, 11) is 1.94. The highest BCUT2D eigenvalue weighted by Crippen LogP contribution is 2.49. The number of nitrogens with zero attached hydrogens (tertiary/aromatic N) is 2. The molecule has 1 aliphatic carbocycles. The fourth-order valence-corrected chi connectivity index (χ4v) is 4.43. The molecule has 6 nitrogen and oxygen atoms in total. The first-order valence-corrected chi connectivity index (χ1v) is 8.09. The number of aliphatic carboxylic acids is 1. The van der Waals surface area contributed by atoms with Crippen LogP contribution in [0.25, 0.3) is 0 Å². The van der Waals surface area contributed by atoms with E-state index in [4.69, 9.17) is 9.84 Å². The van der Waals surface area contributed by atoms with Crippen molar-refractivity contribution in [2.24, 2.45) is 18.9 Å². The molecule has 2 N–H and O–H groups in total. The Kier molecular flexibility index (Phi) is 4.07. The van der Waals surface area contributed by atoms with E-state index in [1.807, 2.05) is 17.8 Å². The van der Waals surface area contributed by atoms with Gasteiger partial charge in [0.1, 0.15) is 22.6 Å². The third-order valence-corrected chi connectivity index (χ3v) is 5.11. The van der Waals surface area contributed by atoms with Crippen LogP contribution in [0.1, 0.15) is 25.1 Å². The highest BCUT2D eigenvalue weighted by molar-refractivity contribution is 9.10. The molecule has 7 heteroatoms. The largest absolute Gasteiger partial charge is 0.480 e. The first-order chi connectivity index (χ1) is 10.0. The topological polar surface area (TPSA) is 76.4 Å². The average molecular weight is 358 g/mol. The monoisotopic (exact) mass is 357 g/mol. The number of hydrogen-bond donors (Lipinski definition) is 2. The number of nitrogens with one attached hydrogen (secondary N) is 1. The van der Waals surface area contributed by atoms with Gasteiger partial charge in [-0.2, -0.15) is 0 Å². The molecule has 2 atom stereocenters. The molecule has 0 amide bonds. The number of halogens is 1. The van der Waals surface area contributed by atoms with Crippen LogP contribution in [0.15, 0.2) is 10.8 Å². The average Bonchev–Trinajstić information content (AvgIpc) is 2.75. The smallest absolute Gasteiger partial charge is 0.329 e. The van der Waals surface area contributed by atoms with Gasteiger partial charge in [-0.15, -0.1) is 0 Å². The van der Waals surface area contributed by atoms with Gasteiger partial charge < -0.3 is 19.7 Å². The van der Waals surface area contributed by atoms with Crippen LogP contribution in [0.3, 0.4) is 0 Å². The molecule has 0 spiro atoms. The summed E-state index contributed by atoms with van der Waals surface area (Å²) in [4.78, 5) is 15.6. The maximum Gasteiger partial charge on any atom is 0.329 e. The number of aromatic nitrogens is 2. The molecule has 0 radical (unpaired) electrons. The Labute approximate surface area is 132 Å². The van der Waals surface area contributed by atoms with Crippen LogP contribution in [0.2, 0.25) is 0 Å². The quantitative estimate of drug-likeness (QED) is 0.853. The van der Waals surface area contributed by atoms with Gasteiger partial charge in [-0.05, 0) is 28.8 Å². The predicted molar refractivity (Wildman–Crippen MR) is 79.9 cm³/mol. The second-order valence-corrected chi connectivity index (χ2v) is 6.77. The van der Waals surface area contributed by atoms with Crippen molar-refractivity contribution >= 4 is 21.9 Å². The summed E-state index contributed by atoms with van der Waals surface area (Å²) in [5, 5.41) is 12.5. The zero-order valence-electron chi connectivity index (χ0n) is 12.0. The van der Waals surface area contributed by atoms with Crippen molar-refractivity contribution in [1.82, 2.24) is 14.9 Å². The van der Waals surface area contributed by atoms with Gasteiger partial charge in [0.15, 0.2) is 0 Å². The summed E-state index contributed by atoms with van der Waals surface area (Å²) >= 11 is 3.41. The molecular formula is C14H20BrN3O3. The third kappa shape index (κ3) is 2.51. The van der Waals surface area contributed by atoms with Gasteiger partial charge >= 0.3 is 5.97 Å². The molecule has 2 heterocycles. The van der Waals surface area contributed by atoms with Crippen molar-refractivity contribution in [2.75, 3.05) is 19.7 Å². The molecule has 2 unspecified atom stereocenters. The van der Waals surface area contributed by atoms with Gasteiger partial charge in [-0.1, -0.05) is 6.42 Å². The number of rotatable bonds is 4. The number of ether oxygens (including phenoxy) is 1. The van der Waals surface area contributed by atoms with Crippen molar-refractivity contribution in [1.29, 1.82) is 0 Å². The number of hydrogen-bond acceptors (Lipinski definition) is 4. The van der Waals surface area contributed by atoms with Crippen LogP contribution in [-0.4, -0.2) is 40.3 Å². The van der Waals surface area contributed by atoms with Crippen molar-refractivity contribution in [3.8, 4) is 0 Å². The number of carboxylic acid groups (broad SMARTS) is 1. The van der Waals surface area contributed by atoms with Gasteiger partial charge in [0.25, 0.3) is 0 Å². The number of piperidine rings is 1. The van der Waals surface area contributed by atoms with Gasteiger partial charge in [0, 0.05) is 38.2 Å². The number of fused-ring (bicyclic) bond motifs is 2. The molecule has 1 aromatic heterocycles. The molecule has 1 aliphatic heterocycles. The summed E-state index contributed by atoms with van der Waals surface area (Å²) in [6.07, 6.45) is 5.14. The second-order valence-electron chi connectivity index (χ2n) is 5.96. The SMILES string of the molecule is Cn1cc(Br)nc1C1(OCC(=O)O)C2CCCC1CNC2. The lowest BCUT2D eigenvalue weighted by Gasteiger charge is -2.51. The van der Waals surface area contributed by atoms with E-state index in [1.54, 1.807) is 0 Å². The van der Waals surface area contributed by atoms with Crippen LogP contribution in [0.5, 0.6) is 0 Å². The summed E-state index contributed by atoms with van der Waals surface area (Å²) < 4.78 is 8.76. The maximum absolute atomic E-state index is 11.0. The molecule has 1 saturated carbocycles. The summed E-state index contributed by atoms with van der Waals surface area (Å²) in [6, 6.07) is 0. The van der Waals surface area contributed by atoms with E-state index in [9.17, 15) is 4.79 Å². The Bertz CT molecular complexity index is 524. The summed E-state index contributed by atoms with van der Waals surface area (Å²) in [6.45, 7) is 1.42. The minimum atomic E-state index is -0.931. The Balaban J connectivity index is 2.05. The maximum atomic E-state index is 11.0. The minimum absolute atomic E-state index is 0.261. The van der Waals surface area contributed by atoms with Crippen molar-refractivity contribution in [3.05, 3.63) is 16.6 Å². The fourth-order valence-electron chi connectivity index (χ4n) is 3.95. The molecule has 2 fully saturated rings.